The van der Waals surface area contributed by atoms with Crippen LogP contribution in [0.25, 0.3) is 0 Å². The highest BCUT2D eigenvalue weighted by molar-refractivity contribution is 7.90. The molecule has 110 valence electrons. The van der Waals surface area contributed by atoms with Crippen LogP contribution < -0.4 is 4.72 Å². The number of carbonyl (C=O) groups is 1. The Labute approximate surface area is 114 Å². The van der Waals surface area contributed by atoms with Gasteiger partial charge in [0.2, 0.25) is 10.0 Å². The number of hydrogen-bond donors (Lipinski definition) is 2. The van der Waals surface area contributed by atoms with Crippen molar-refractivity contribution in [2.24, 2.45) is 0 Å². The minimum Gasteiger partial charge on any atom is -0.481 e. The van der Waals surface area contributed by atoms with Crippen molar-refractivity contribution in [1.29, 1.82) is 0 Å². The van der Waals surface area contributed by atoms with Gasteiger partial charge in [-0.15, -0.1) is 0 Å². The van der Waals surface area contributed by atoms with Gasteiger partial charge in [0.05, 0.1) is 11.7 Å². The van der Waals surface area contributed by atoms with E-state index < -0.39 is 21.5 Å². The van der Waals surface area contributed by atoms with Crippen molar-refractivity contribution in [3.05, 3.63) is 0 Å². The number of carboxylic acids is 1. The topological polar surface area (TPSA) is 83.5 Å². The lowest BCUT2D eigenvalue weighted by Gasteiger charge is -2.37. The maximum Gasteiger partial charge on any atom is 0.305 e. The van der Waals surface area contributed by atoms with Crippen molar-refractivity contribution < 1.29 is 18.3 Å². The molecule has 2 rings (SSSR count). The van der Waals surface area contributed by atoms with Gasteiger partial charge in [0.1, 0.15) is 0 Å². The zero-order valence-corrected chi connectivity index (χ0v) is 12.0. The van der Waals surface area contributed by atoms with E-state index in [4.69, 9.17) is 5.11 Å². The Balaban J connectivity index is 2.12. The predicted molar refractivity (Wildman–Crippen MR) is 72.4 cm³/mol. The highest BCUT2D eigenvalue weighted by Gasteiger charge is 2.40. The summed E-state index contributed by atoms with van der Waals surface area (Å²) in [5.74, 6) is -0.920. The number of carboxylic acid groups (broad SMARTS) is 1. The van der Waals surface area contributed by atoms with E-state index in [0.29, 0.717) is 25.7 Å². The molecule has 0 aromatic rings. The first kappa shape index (κ1) is 14.8. The molecule has 0 amide bonds. The molecule has 0 aromatic heterocycles. The molecule has 2 aliphatic rings. The quantitative estimate of drug-likeness (QED) is 0.811. The molecule has 5 nitrogen and oxygen atoms in total. The van der Waals surface area contributed by atoms with Gasteiger partial charge < -0.3 is 5.11 Å². The van der Waals surface area contributed by atoms with Crippen molar-refractivity contribution >= 4 is 16.0 Å². The summed E-state index contributed by atoms with van der Waals surface area (Å²) in [6.45, 7) is 0. The average Bonchev–Trinajstić information content (AvgIpc) is 2.81. The van der Waals surface area contributed by atoms with Crippen LogP contribution in [0.3, 0.4) is 0 Å². The summed E-state index contributed by atoms with van der Waals surface area (Å²) < 4.78 is 27.5. The van der Waals surface area contributed by atoms with Crippen LogP contribution in [0.5, 0.6) is 0 Å². The summed E-state index contributed by atoms with van der Waals surface area (Å²) >= 11 is 0. The number of aliphatic carboxylic acids is 1. The first-order valence-corrected chi connectivity index (χ1v) is 8.73. The SMILES string of the molecule is O=C(O)CC1(NS(=O)(=O)C2CCCC2)CCCCC1. The fourth-order valence-electron chi connectivity index (χ4n) is 3.42. The molecule has 19 heavy (non-hydrogen) atoms. The molecule has 0 heterocycles. The van der Waals surface area contributed by atoms with Crippen LogP contribution in [0, 0.1) is 0 Å². The second kappa shape index (κ2) is 5.79. The fraction of sp³-hybridized carbons (Fsp3) is 0.923. The lowest BCUT2D eigenvalue weighted by atomic mass is 9.80. The monoisotopic (exact) mass is 289 g/mol. The molecule has 0 saturated heterocycles. The van der Waals surface area contributed by atoms with Crippen LogP contribution in [0.1, 0.15) is 64.2 Å². The Morgan fingerprint density at radius 2 is 1.68 bits per heavy atom. The van der Waals surface area contributed by atoms with E-state index in [9.17, 15) is 13.2 Å². The molecular weight excluding hydrogens is 266 g/mol. The van der Waals surface area contributed by atoms with Crippen LogP contribution in [0.2, 0.25) is 0 Å². The molecule has 2 fully saturated rings. The summed E-state index contributed by atoms with van der Waals surface area (Å²) in [4.78, 5) is 11.0. The smallest absolute Gasteiger partial charge is 0.305 e. The van der Waals surface area contributed by atoms with E-state index in [-0.39, 0.29) is 11.7 Å². The van der Waals surface area contributed by atoms with E-state index in [1.54, 1.807) is 0 Å². The van der Waals surface area contributed by atoms with E-state index in [1.807, 2.05) is 0 Å². The van der Waals surface area contributed by atoms with Gasteiger partial charge in [0.25, 0.3) is 0 Å². The third-order valence-corrected chi connectivity index (χ3v) is 6.47. The Kier molecular flexibility index (Phi) is 4.50. The molecule has 0 aromatic carbocycles. The second-order valence-corrected chi connectivity index (χ2v) is 7.93. The molecule has 0 atom stereocenters. The summed E-state index contributed by atoms with van der Waals surface area (Å²) in [5, 5.41) is 8.74. The van der Waals surface area contributed by atoms with Gasteiger partial charge in [-0.2, -0.15) is 0 Å². The van der Waals surface area contributed by atoms with E-state index >= 15 is 0 Å². The van der Waals surface area contributed by atoms with Gasteiger partial charge in [-0.1, -0.05) is 32.1 Å². The third kappa shape index (κ3) is 3.69. The third-order valence-electron chi connectivity index (χ3n) is 4.40. The minimum absolute atomic E-state index is 0.0983. The molecule has 0 aliphatic heterocycles. The first-order valence-electron chi connectivity index (χ1n) is 7.18. The Morgan fingerprint density at radius 3 is 2.21 bits per heavy atom. The number of rotatable bonds is 5. The van der Waals surface area contributed by atoms with Gasteiger partial charge in [0.15, 0.2) is 0 Å². The Morgan fingerprint density at radius 1 is 1.11 bits per heavy atom. The lowest BCUT2D eigenvalue weighted by molar-refractivity contribution is -0.138. The second-order valence-electron chi connectivity index (χ2n) is 5.97. The standard InChI is InChI=1S/C13H23NO4S/c15-12(16)10-13(8-4-1-5-9-13)14-19(17,18)11-6-2-3-7-11/h11,14H,1-10H2,(H,15,16). The van der Waals surface area contributed by atoms with Crippen LogP contribution in [0.4, 0.5) is 0 Å². The maximum atomic E-state index is 12.4. The van der Waals surface area contributed by atoms with Crippen LogP contribution in [0.15, 0.2) is 0 Å². The predicted octanol–water partition coefficient (Wildman–Crippen LogP) is 2.03. The maximum absolute atomic E-state index is 12.4. The van der Waals surface area contributed by atoms with Gasteiger partial charge >= 0.3 is 5.97 Å². The molecule has 0 unspecified atom stereocenters. The van der Waals surface area contributed by atoms with Gasteiger partial charge in [0, 0.05) is 5.54 Å². The first-order chi connectivity index (χ1) is 8.94. The molecular formula is C13H23NO4S. The van der Waals surface area contributed by atoms with E-state index in [1.165, 1.54) is 0 Å². The zero-order chi connectivity index (χ0) is 13.9. The summed E-state index contributed by atoms with van der Waals surface area (Å²) in [6, 6.07) is 0. The molecule has 2 N–H and O–H groups in total. The average molecular weight is 289 g/mol. The molecule has 0 bridgehead atoms. The molecule has 0 spiro atoms. The Hall–Kier alpha value is -0.620. The van der Waals surface area contributed by atoms with Gasteiger partial charge in [-0.25, -0.2) is 13.1 Å². The van der Waals surface area contributed by atoms with Crippen molar-refractivity contribution in [2.45, 2.75) is 75.0 Å². The molecule has 2 aliphatic carbocycles. The van der Waals surface area contributed by atoms with Crippen molar-refractivity contribution in [3.63, 3.8) is 0 Å². The minimum atomic E-state index is -3.38. The molecule has 2 saturated carbocycles. The number of sulfonamides is 1. The van der Waals surface area contributed by atoms with E-state index in [0.717, 1.165) is 32.1 Å². The number of hydrogen-bond acceptors (Lipinski definition) is 3. The van der Waals surface area contributed by atoms with Crippen molar-refractivity contribution in [2.75, 3.05) is 0 Å². The van der Waals surface area contributed by atoms with E-state index in [2.05, 4.69) is 4.72 Å². The summed E-state index contributed by atoms with van der Waals surface area (Å²) in [7, 11) is -3.38. The highest BCUT2D eigenvalue weighted by Crippen LogP contribution is 2.34. The van der Waals surface area contributed by atoms with Crippen LogP contribution >= 0.6 is 0 Å². The summed E-state index contributed by atoms with van der Waals surface area (Å²) in [5.41, 5.74) is -0.745. The van der Waals surface area contributed by atoms with Gasteiger partial charge in [-0.05, 0) is 25.7 Å². The molecule has 0 radical (unpaired) electrons. The summed E-state index contributed by atoms with van der Waals surface area (Å²) in [6.07, 6.45) is 7.38. The zero-order valence-electron chi connectivity index (χ0n) is 11.2. The van der Waals surface area contributed by atoms with Crippen molar-refractivity contribution in [3.8, 4) is 0 Å². The highest BCUT2D eigenvalue weighted by atomic mass is 32.2. The molecule has 6 heteroatoms. The van der Waals surface area contributed by atoms with Gasteiger partial charge in [-0.3, -0.25) is 4.79 Å². The van der Waals surface area contributed by atoms with Crippen LogP contribution in [-0.4, -0.2) is 30.3 Å². The lowest BCUT2D eigenvalue weighted by Crippen LogP contribution is -2.53. The van der Waals surface area contributed by atoms with Crippen LogP contribution in [-0.2, 0) is 14.8 Å². The normalized spacial score (nSPS) is 24.4. The van der Waals surface area contributed by atoms with Crippen molar-refractivity contribution in [1.82, 2.24) is 4.72 Å². The Bertz CT molecular complexity index is 420. The largest absolute Gasteiger partial charge is 0.481 e. The fourth-order valence-corrected chi connectivity index (χ4v) is 5.42. The number of nitrogens with one attached hydrogen (secondary N) is 1.